The van der Waals surface area contributed by atoms with Crippen molar-refractivity contribution >= 4 is 30.7 Å². The molecule has 2 heterocycles. The van der Waals surface area contributed by atoms with E-state index >= 15 is 0 Å². The number of nitrogens with zero attached hydrogens (tertiary/aromatic N) is 2. The highest BCUT2D eigenvalue weighted by Gasteiger charge is 2.29. The summed E-state index contributed by atoms with van der Waals surface area (Å²) in [6, 6.07) is 1.45. The van der Waals surface area contributed by atoms with Crippen LogP contribution < -0.4 is 5.73 Å². The molecule has 102 valence electrons. The number of carbonyl (C=O) groups is 1. The largest absolute Gasteiger partial charge is 0.334 e. The van der Waals surface area contributed by atoms with Gasteiger partial charge in [0.1, 0.15) is 0 Å². The average molecular weight is 296 g/mol. The summed E-state index contributed by atoms with van der Waals surface area (Å²) in [7, 11) is 0. The summed E-state index contributed by atoms with van der Waals surface area (Å²) in [5, 5.41) is 0. The van der Waals surface area contributed by atoms with Gasteiger partial charge in [-0.3, -0.25) is 9.78 Å². The van der Waals surface area contributed by atoms with Crippen LogP contribution in [0.25, 0.3) is 0 Å². The molecule has 4 nitrogen and oxygen atoms in total. The molecule has 1 atom stereocenters. The van der Waals surface area contributed by atoms with E-state index in [9.17, 15) is 9.18 Å². The first-order valence-corrected chi connectivity index (χ1v) is 5.34. The van der Waals surface area contributed by atoms with E-state index in [0.717, 1.165) is 19.0 Å². The Morgan fingerprint density at radius 2 is 2.28 bits per heavy atom. The minimum Gasteiger partial charge on any atom is -0.334 e. The Morgan fingerprint density at radius 3 is 2.89 bits per heavy atom. The second kappa shape index (κ2) is 7.51. The lowest BCUT2D eigenvalue weighted by molar-refractivity contribution is 0.0736. The molecule has 1 aliphatic heterocycles. The SMILES string of the molecule is Cl.Cl.NCC1CCCN1C(=O)c1ccncc1F. The van der Waals surface area contributed by atoms with Crippen molar-refractivity contribution in [1.82, 2.24) is 9.88 Å². The molecule has 1 amide bonds. The molecule has 7 heteroatoms. The zero-order chi connectivity index (χ0) is 11.5. The number of halogens is 3. The first-order chi connectivity index (χ1) is 7.74. The summed E-state index contributed by atoms with van der Waals surface area (Å²) in [6.45, 7) is 1.08. The van der Waals surface area contributed by atoms with Crippen LogP contribution >= 0.6 is 24.8 Å². The Balaban J connectivity index is 0.00000144. The molecule has 1 aliphatic rings. The van der Waals surface area contributed by atoms with Gasteiger partial charge in [0.2, 0.25) is 0 Å². The van der Waals surface area contributed by atoms with E-state index in [2.05, 4.69) is 4.98 Å². The number of likely N-dealkylation sites (tertiary alicyclic amines) is 1. The maximum Gasteiger partial charge on any atom is 0.257 e. The fourth-order valence-corrected chi connectivity index (χ4v) is 2.05. The fraction of sp³-hybridized carbons (Fsp3) is 0.455. The van der Waals surface area contributed by atoms with E-state index in [0.29, 0.717) is 13.1 Å². The summed E-state index contributed by atoms with van der Waals surface area (Å²) in [5.74, 6) is -0.858. The number of amides is 1. The molecule has 0 aliphatic carbocycles. The topological polar surface area (TPSA) is 59.2 Å². The van der Waals surface area contributed by atoms with Gasteiger partial charge in [0.25, 0.3) is 5.91 Å². The third-order valence-electron chi connectivity index (χ3n) is 2.91. The molecule has 18 heavy (non-hydrogen) atoms. The second-order valence-electron chi connectivity index (χ2n) is 3.89. The van der Waals surface area contributed by atoms with Crippen LogP contribution in [-0.4, -0.2) is 34.9 Å². The number of rotatable bonds is 2. The predicted molar refractivity (Wildman–Crippen MR) is 71.8 cm³/mol. The van der Waals surface area contributed by atoms with Gasteiger partial charge in [-0.25, -0.2) is 4.39 Å². The van der Waals surface area contributed by atoms with Crippen molar-refractivity contribution in [1.29, 1.82) is 0 Å². The molecule has 1 fully saturated rings. The molecular weight excluding hydrogens is 280 g/mol. The smallest absolute Gasteiger partial charge is 0.257 e. The molecule has 0 saturated carbocycles. The minimum atomic E-state index is -0.574. The number of hydrogen-bond donors (Lipinski definition) is 1. The highest BCUT2D eigenvalue weighted by molar-refractivity contribution is 5.94. The second-order valence-corrected chi connectivity index (χ2v) is 3.89. The van der Waals surface area contributed by atoms with Crippen LogP contribution in [0.1, 0.15) is 23.2 Å². The monoisotopic (exact) mass is 295 g/mol. The van der Waals surface area contributed by atoms with Gasteiger partial charge in [0.15, 0.2) is 5.82 Å². The van der Waals surface area contributed by atoms with Crippen LogP contribution in [-0.2, 0) is 0 Å². The lowest BCUT2D eigenvalue weighted by atomic mass is 10.2. The number of carbonyl (C=O) groups excluding carboxylic acids is 1. The van der Waals surface area contributed by atoms with Crippen molar-refractivity contribution in [3.63, 3.8) is 0 Å². The first kappa shape index (κ1) is 17.1. The van der Waals surface area contributed by atoms with Crippen molar-refractivity contribution in [2.45, 2.75) is 18.9 Å². The first-order valence-electron chi connectivity index (χ1n) is 5.34. The van der Waals surface area contributed by atoms with E-state index < -0.39 is 5.82 Å². The third-order valence-corrected chi connectivity index (χ3v) is 2.91. The number of nitrogens with two attached hydrogens (primary N) is 1. The normalized spacial score (nSPS) is 17.9. The Labute approximate surface area is 118 Å². The van der Waals surface area contributed by atoms with Crippen molar-refractivity contribution in [3.8, 4) is 0 Å². The summed E-state index contributed by atoms with van der Waals surface area (Å²) in [6.07, 6.45) is 4.31. The molecule has 1 aromatic heterocycles. The predicted octanol–water partition coefficient (Wildman–Crippen LogP) is 1.63. The molecule has 1 unspecified atom stereocenters. The quantitative estimate of drug-likeness (QED) is 0.902. The van der Waals surface area contributed by atoms with Crippen LogP contribution in [0.4, 0.5) is 4.39 Å². The zero-order valence-electron chi connectivity index (χ0n) is 9.71. The van der Waals surface area contributed by atoms with Crippen molar-refractivity contribution in [2.75, 3.05) is 13.1 Å². The van der Waals surface area contributed by atoms with E-state index in [4.69, 9.17) is 5.73 Å². The Hall–Kier alpha value is -0.910. The van der Waals surface area contributed by atoms with Gasteiger partial charge in [0.05, 0.1) is 11.8 Å². The molecule has 0 radical (unpaired) electrons. The Morgan fingerprint density at radius 1 is 1.56 bits per heavy atom. The maximum atomic E-state index is 13.4. The van der Waals surface area contributed by atoms with E-state index in [1.165, 1.54) is 12.3 Å². The molecule has 0 aromatic carbocycles. The minimum absolute atomic E-state index is 0. The Kier molecular flexibility index (Phi) is 7.13. The van der Waals surface area contributed by atoms with Crippen LogP contribution in [0.15, 0.2) is 18.5 Å². The third kappa shape index (κ3) is 3.31. The van der Waals surface area contributed by atoms with Crippen molar-refractivity contribution < 1.29 is 9.18 Å². The molecule has 0 bridgehead atoms. The van der Waals surface area contributed by atoms with Crippen LogP contribution in [0.5, 0.6) is 0 Å². The van der Waals surface area contributed by atoms with Gasteiger partial charge >= 0.3 is 0 Å². The summed E-state index contributed by atoms with van der Waals surface area (Å²) in [5.41, 5.74) is 5.66. The zero-order valence-corrected chi connectivity index (χ0v) is 11.3. The van der Waals surface area contributed by atoms with E-state index in [-0.39, 0.29) is 42.3 Å². The van der Waals surface area contributed by atoms with Crippen molar-refractivity contribution in [3.05, 3.63) is 29.8 Å². The van der Waals surface area contributed by atoms with E-state index in [1.807, 2.05) is 0 Å². The van der Waals surface area contributed by atoms with Gasteiger partial charge in [-0.1, -0.05) is 0 Å². The molecule has 1 aromatic rings. The van der Waals surface area contributed by atoms with Crippen LogP contribution in [0, 0.1) is 5.82 Å². The molecule has 2 rings (SSSR count). The number of pyridine rings is 1. The lowest BCUT2D eigenvalue weighted by Crippen LogP contribution is -2.40. The standard InChI is InChI=1S/C11H14FN3O.2ClH/c12-10-7-14-4-3-9(10)11(16)15-5-1-2-8(15)6-13;;/h3-4,7-8H,1-2,5-6,13H2;2*1H. The molecule has 1 saturated heterocycles. The fourth-order valence-electron chi connectivity index (χ4n) is 2.05. The number of hydrogen-bond acceptors (Lipinski definition) is 3. The number of aromatic nitrogens is 1. The van der Waals surface area contributed by atoms with Gasteiger partial charge in [-0.05, 0) is 18.9 Å². The molecule has 2 N–H and O–H groups in total. The van der Waals surface area contributed by atoms with Crippen molar-refractivity contribution in [2.24, 2.45) is 5.73 Å². The Bertz CT molecular complexity index is 406. The van der Waals surface area contributed by atoms with Gasteiger partial charge in [0, 0.05) is 25.3 Å². The maximum absolute atomic E-state index is 13.4. The van der Waals surface area contributed by atoms with E-state index in [1.54, 1.807) is 4.90 Å². The van der Waals surface area contributed by atoms with Gasteiger partial charge in [-0.2, -0.15) is 0 Å². The summed E-state index contributed by atoms with van der Waals surface area (Å²) >= 11 is 0. The highest BCUT2D eigenvalue weighted by Crippen LogP contribution is 2.20. The highest BCUT2D eigenvalue weighted by atomic mass is 35.5. The molecular formula is C11H16Cl2FN3O. The lowest BCUT2D eigenvalue weighted by Gasteiger charge is -2.23. The van der Waals surface area contributed by atoms with Crippen LogP contribution in [0.2, 0.25) is 0 Å². The molecule has 0 spiro atoms. The van der Waals surface area contributed by atoms with Gasteiger partial charge in [-0.15, -0.1) is 24.8 Å². The van der Waals surface area contributed by atoms with Gasteiger partial charge < -0.3 is 10.6 Å². The average Bonchev–Trinajstić information content (AvgIpc) is 2.77. The summed E-state index contributed by atoms with van der Waals surface area (Å²) < 4.78 is 13.4. The van der Waals surface area contributed by atoms with Crippen LogP contribution in [0.3, 0.4) is 0 Å². The summed E-state index contributed by atoms with van der Waals surface area (Å²) in [4.78, 5) is 17.3.